The van der Waals surface area contributed by atoms with E-state index < -0.39 is 0 Å². The third-order valence-electron chi connectivity index (χ3n) is 5.30. The van der Waals surface area contributed by atoms with Crippen LogP contribution in [0, 0.1) is 6.92 Å². The van der Waals surface area contributed by atoms with Gasteiger partial charge < -0.3 is 14.2 Å². The monoisotopic (exact) mass is 328 g/mol. The predicted molar refractivity (Wildman–Crippen MR) is 97.4 cm³/mol. The van der Waals surface area contributed by atoms with Crippen LogP contribution in [0.3, 0.4) is 0 Å². The smallest absolute Gasteiger partial charge is 0.270 e. The van der Waals surface area contributed by atoms with Crippen molar-refractivity contribution in [2.75, 3.05) is 20.3 Å². The van der Waals surface area contributed by atoms with Gasteiger partial charge >= 0.3 is 0 Å². The molecule has 0 bridgehead atoms. The topological polar surface area (TPSA) is 34.5 Å². The van der Waals surface area contributed by atoms with Gasteiger partial charge in [-0.3, -0.25) is 4.79 Å². The molecule has 4 heteroatoms. The van der Waals surface area contributed by atoms with E-state index in [1.54, 1.807) is 7.11 Å². The number of aryl methyl sites for hydroxylation is 2. The average molecular weight is 328 g/mol. The van der Waals surface area contributed by atoms with Gasteiger partial charge in [0, 0.05) is 44.3 Å². The highest BCUT2D eigenvalue weighted by Crippen LogP contribution is 2.27. The maximum atomic E-state index is 13.2. The molecule has 0 unspecified atom stereocenters. The quantitative estimate of drug-likeness (QED) is 0.780. The van der Waals surface area contributed by atoms with Crippen LogP contribution in [0.5, 0.6) is 0 Å². The number of amides is 1. The Morgan fingerprint density at radius 2 is 2.17 bits per heavy atom. The summed E-state index contributed by atoms with van der Waals surface area (Å²) >= 11 is 0. The number of carbonyl (C=O) groups is 1. The summed E-state index contributed by atoms with van der Waals surface area (Å²) in [6.07, 6.45) is 5.48. The largest absolute Gasteiger partial charge is 0.385 e. The molecule has 1 fully saturated rings. The molecule has 1 aromatic heterocycles. The average Bonchev–Trinajstić information content (AvgIpc) is 2.93. The van der Waals surface area contributed by atoms with Crippen molar-refractivity contribution in [3.8, 4) is 0 Å². The van der Waals surface area contributed by atoms with E-state index in [2.05, 4.69) is 36.1 Å². The number of ether oxygens (including phenoxy) is 1. The van der Waals surface area contributed by atoms with Gasteiger partial charge in [-0.05, 0) is 56.7 Å². The Morgan fingerprint density at radius 1 is 1.33 bits per heavy atom. The van der Waals surface area contributed by atoms with Crippen LogP contribution in [0.1, 0.15) is 48.2 Å². The summed E-state index contributed by atoms with van der Waals surface area (Å²) < 4.78 is 7.22. The summed E-state index contributed by atoms with van der Waals surface area (Å²) in [5.41, 5.74) is 3.15. The molecule has 24 heavy (non-hydrogen) atoms. The minimum Gasteiger partial charge on any atom is -0.385 e. The Bertz CT molecular complexity index is 720. The fraction of sp³-hybridized carbons (Fsp3) is 0.550. The molecule has 1 saturated heterocycles. The van der Waals surface area contributed by atoms with E-state index in [1.165, 1.54) is 17.4 Å². The molecule has 2 heterocycles. The summed E-state index contributed by atoms with van der Waals surface area (Å²) in [6.45, 7) is 3.74. The molecule has 3 rings (SSSR count). The van der Waals surface area contributed by atoms with E-state index >= 15 is 0 Å². The molecule has 2 aromatic rings. The van der Waals surface area contributed by atoms with Crippen molar-refractivity contribution in [1.82, 2.24) is 9.47 Å². The molecule has 1 atom stereocenters. The van der Waals surface area contributed by atoms with Gasteiger partial charge in [0.15, 0.2) is 0 Å². The van der Waals surface area contributed by atoms with E-state index in [0.29, 0.717) is 6.04 Å². The third kappa shape index (κ3) is 3.20. The number of hydrogen-bond donors (Lipinski definition) is 0. The fourth-order valence-corrected chi connectivity index (χ4v) is 3.89. The minimum atomic E-state index is 0.176. The number of piperidine rings is 1. The molecule has 1 amide bonds. The van der Waals surface area contributed by atoms with E-state index in [-0.39, 0.29) is 5.91 Å². The molecule has 1 aliphatic rings. The van der Waals surface area contributed by atoms with Gasteiger partial charge in [0.25, 0.3) is 5.91 Å². The SMILES string of the molecule is COCCC[C@H]1CCCCN1C(=O)c1cc2c(C)cccc2n1C. The second-order valence-electron chi connectivity index (χ2n) is 6.88. The molecule has 0 radical (unpaired) electrons. The van der Waals surface area contributed by atoms with Crippen molar-refractivity contribution in [3.05, 3.63) is 35.5 Å². The highest BCUT2D eigenvalue weighted by atomic mass is 16.5. The molecule has 130 valence electrons. The van der Waals surface area contributed by atoms with E-state index in [9.17, 15) is 4.79 Å². The van der Waals surface area contributed by atoms with Gasteiger partial charge in [-0.15, -0.1) is 0 Å². The van der Waals surface area contributed by atoms with E-state index in [4.69, 9.17) is 4.74 Å². The van der Waals surface area contributed by atoms with Crippen molar-refractivity contribution in [2.45, 2.75) is 45.1 Å². The highest BCUT2D eigenvalue weighted by Gasteiger charge is 2.29. The van der Waals surface area contributed by atoms with Gasteiger partial charge in [-0.25, -0.2) is 0 Å². The maximum Gasteiger partial charge on any atom is 0.270 e. The molecule has 0 spiro atoms. The number of carbonyl (C=O) groups excluding carboxylic acids is 1. The second kappa shape index (κ2) is 7.39. The zero-order chi connectivity index (χ0) is 17.1. The summed E-state index contributed by atoms with van der Waals surface area (Å²) in [6, 6.07) is 8.66. The van der Waals surface area contributed by atoms with Gasteiger partial charge in [0.2, 0.25) is 0 Å². The van der Waals surface area contributed by atoms with Crippen LogP contribution in [0.15, 0.2) is 24.3 Å². The zero-order valence-electron chi connectivity index (χ0n) is 15.0. The molecule has 0 aliphatic carbocycles. The third-order valence-corrected chi connectivity index (χ3v) is 5.30. The van der Waals surface area contributed by atoms with Crippen LogP contribution in [0.25, 0.3) is 10.9 Å². The normalized spacial score (nSPS) is 18.3. The predicted octanol–water partition coefficient (Wildman–Crippen LogP) is 3.91. The first-order valence-corrected chi connectivity index (χ1v) is 8.98. The summed E-state index contributed by atoms with van der Waals surface area (Å²) in [5.74, 6) is 0.176. The number of methoxy groups -OCH3 is 1. The molecule has 0 N–H and O–H groups in total. The first kappa shape index (κ1) is 17.0. The minimum absolute atomic E-state index is 0.176. The number of likely N-dealkylation sites (tertiary alicyclic amines) is 1. The first-order chi connectivity index (χ1) is 11.6. The van der Waals surface area contributed by atoms with Crippen molar-refractivity contribution in [3.63, 3.8) is 0 Å². The van der Waals surface area contributed by atoms with Crippen molar-refractivity contribution in [2.24, 2.45) is 7.05 Å². The van der Waals surface area contributed by atoms with Crippen LogP contribution >= 0.6 is 0 Å². The zero-order valence-corrected chi connectivity index (χ0v) is 15.0. The number of benzene rings is 1. The molecular formula is C20H28N2O2. The number of aromatic nitrogens is 1. The summed E-state index contributed by atoms with van der Waals surface area (Å²) in [7, 11) is 3.74. The van der Waals surface area contributed by atoms with Crippen molar-refractivity contribution >= 4 is 16.8 Å². The fourth-order valence-electron chi connectivity index (χ4n) is 3.89. The lowest BCUT2D eigenvalue weighted by molar-refractivity contribution is 0.0576. The van der Waals surface area contributed by atoms with Crippen LogP contribution in [0.2, 0.25) is 0 Å². The van der Waals surface area contributed by atoms with Gasteiger partial charge in [-0.1, -0.05) is 12.1 Å². The Hall–Kier alpha value is -1.81. The van der Waals surface area contributed by atoms with Crippen LogP contribution in [-0.2, 0) is 11.8 Å². The maximum absolute atomic E-state index is 13.2. The van der Waals surface area contributed by atoms with Crippen LogP contribution in [-0.4, -0.2) is 41.7 Å². The van der Waals surface area contributed by atoms with Gasteiger partial charge in [-0.2, -0.15) is 0 Å². The Balaban J connectivity index is 1.86. The van der Waals surface area contributed by atoms with Gasteiger partial charge in [0.1, 0.15) is 5.69 Å². The molecule has 4 nitrogen and oxygen atoms in total. The number of rotatable bonds is 5. The number of nitrogens with zero attached hydrogens (tertiary/aromatic N) is 2. The van der Waals surface area contributed by atoms with Crippen molar-refractivity contribution in [1.29, 1.82) is 0 Å². The van der Waals surface area contributed by atoms with Gasteiger partial charge in [0.05, 0.1) is 0 Å². The molecule has 1 aromatic carbocycles. The molecule has 0 saturated carbocycles. The van der Waals surface area contributed by atoms with E-state index in [0.717, 1.165) is 50.0 Å². The molecule has 1 aliphatic heterocycles. The standard InChI is InChI=1S/C20H28N2O2/c1-15-8-6-11-18-17(15)14-19(21(18)2)20(23)22-12-5-4-9-16(22)10-7-13-24-3/h6,8,11,14,16H,4-5,7,9-10,12-13H2,1-3H3/t16-/m1/s1. The van der Waals surface area contributed by atoms with E-state index in [1.807, 2.05) is 11.6 Å². The van der Waals surface area contributed by atoms with Crippen molar-refractivity contribution < 1.29 is 9.53 Å². The lowest BCUT2D eigenvalue weighted by atomic mass is 9.97. The summed E-state index contributed by atoms with van der Waals surface area (Å²) in [4.78, 5) is 15.3. The number of fused-ring (bicyclic) bond motifs is 1. The molecular weight excluding hydrogens is 300 g/mol. The summed E-state index contributed by atoms with van der Waals surface area (Å²) in [5, 5.41) is 1.18. The van der Waals surface area contributed by atoms with Crippen LogP contribution in [0.4, 0.5) is 0 Å². The number of hydrogen-bond acceptors (Lipinski definition) is 2. The Labute approximate surface area is 144 Å². The first-order valence-electron chi connectivity index (χ1n) is 8.98. The Morgan fingerprint density at radius 3 is 2.92 bits per heavy atom. The lowest BCUT2D eigenvalue weighted by Crippen LogP contribution is -2.44. The second-order valence-corrected chi connectivity index (χ2v) is 6.88. The lowest BCUT2D eigenvalue weighted by Gasteiger charge is -2.36. The van der Waals surface area contributed by atoms with Crippen LogP contribution < -0.4 is 0 Å². The highest BCUT2D eigenvalue weighted by molar-refractivity contribution is 5.99. The Kier molecular flexibility index (Phi) is 5.24.